The molecule has 6 heteroatoms. The number of aromatic nitrogens is 2. The van der Waals surface area contributed by atoms with E-state index < -0.39 is 0 Å². The number of amides is 2. The van der Waals surface area contributed by atoms with Crippen LogP contribution in [0, 0.1) is 0 Å². The van der Waals surface area contributed by atoms with Crippen LogP contribution in [0.4, 0.5) is 4.79 Å². The molecule has 3 rings (SSSR count). The third-order valence-electron chi connectivity index (χ3n) is 4.01. The van der Waals surface area contributed by atoms with Crippen molar-refractivity contribution in [3.05, 3.63) is 54.6 Å². The number of rotatable bonds is 5. The van der Waals surface area contributed by atoms with Crippen LogP contribution in [-0.2, 0) is 11.3 Å². The van der Waals surface area contributed by atoms with Crippen LogP contribution in [0.25, 0.3) is 0 Å². The van der Waals surface area contributed by atoms with Gasteiger partial charge in [0.05, 0.1) is 12.4 Å². The SMILES string of the molecule is O=C(NCCn1ccnc1)N[C@@H]1CCO[C@H](c2ccccc2)C1. The highest BCUT2D eigenvalue weighted by molar-refractivity contribution is 5.74. The van der Waals surface area contributed by atoms with Gasteiger partial charge in [-0.25, -0.2) is 9.78 Å². The van der Waals surface area contributed by atoms with Crippen molar-refractivity contribution >= 4 is 6.03 Å². The number of ether oxygens (including phenoxy) is 1. The molecule has 1 aliphatic rings. The van der Waals surface area contributed by atoms with Gasteiger partial charge in [0.2, 0.25) is 0 Å². The number of carbonyl (C=O) groups excluding carboxylic acids is 1. The van der Waals surface area contributed by atoms with Gasteiger partial charge in [-0.1, -0.05) is 30.3 Å². The highest BCUT2D eigenvalue weighted by Crippen LogP contribution is 2.27. The Bertz CT molecular complexity index is 600. The van der Waals surface area contributed by atoms with E-state index in [1.54, 1.807) is 12.5 Å². The van der Waals surface area contributed by atoms with E-state index in [4.69, 9.17) is 4.74 Å². The van der Waals surface area contributed by atoms with Crippen molar-refractivity contribution in [3.8, 4) is 0 Å². The number of imidazole rings is 1. The molecule has 1 fully saturated rings. The maximum atomic E-state index is 12.0. The maximum Gasteiger partial charge on any atom is 0.315 e. The third kappa shape index (κ3) is 4.56. The number of benzene rings is 1. The molecule has 0 saturated carbocycles. The molecule has 1 aliphatic heterocycles. The summed E-state index contributed by atoms with van der Waals surface area (Å²) < 4.78 is 7.75. The van der Waals surface area contributed by atoms with E-state index >= 15 is 0 Å². The molecule has 0 aliphatic carbocycles. The molecule has 2 atom stereocenters. The Morgan fingerprint density at radius 1 is 1.35 bits per heavy atom. The first-order valence-corrected chi connectivity index (χ1v) is 7.98. The average molecular weight is 314 g/mol. The van der Waals surface area contributed by atoms with Crippen molar-refractivity contribution in [1.29, 1.82) is 0 Å². The van der Waals surface area contributed by atoms with Crippen LogP contribution in [-0.4, -0.2) is 34.8 Å². The normalized spacial score (nSPS) is 20.9. The summed E-state index contributed by atoms with van der Waals surface area (Å²) in [7, 11) is 0. The largest absolute Gasteiger partial charge is 0.373 e. The Morgan fingerprint density at radius 3 is 3.00 bits per heavy atom. The molecular weight excluding hydrogens is 292 g/mol. The van der Waals surface area contributed by atoms with Crippen molar-refractivity contribution in [2.24, 2.45) is 0 Å². The second-order valence-corrected chi connectivity index (χ2v) is 5.69. The van der Waals surface area contributed by atoms with Gasteiger partial charge in [0, 0.05) is 38.1 Å². The number of hydrogen-bond acceptors (Lipinski definition) is 3. The highest BCUT2D eigenvalue weighted by Gasteiger charge is 2.24. The van der Waals surface area contributed by atoms with Crippen molar-refractivity contribution in [2.75, 3.05) is 13.2 Å². The maximum absolute atomic E-state index is 12.0. The van der Waals surface area contributed by atoms with Gasteiger partial charge >= 0.3 is 6.03 Å². The average Bonchev–Trinajstić information content (AvgIpc) is 3.09. The zero-order valence-corrected chi connectivity index (χ0v) is 13.0. The molecule has 1 aromatic heterocycles. The smallest absolute Gasteiger partial charge is 0.315 e. The van der Waals surface area contributed by atoms with Crippen molar-refractivity contribution in [3.63, 3.8) is 0 Å². The van der Waals surface area contributed by atoms with Crippen molar-refractivity contribution < 1.29 is 9.53 Å². The van der Waals surface area contributed by atoms with Crippen LogP contribution < -0.4 is 10.6 Å². The predicted molar refractivity (Wildman–Crippen MR) is 86.9 cm³/mol. The summed E-state index contributed by atoms with van der Waals surface area (Å²) in [4.78, 5) is 16.0. The Balaban J connectivity index is 1.43. The van der Waals surface area contributed by atoms with Gasteiger partial charge in [-0.3, -0.25) is 0 Å². The van der Waals surface area contributed by atoms with Crippen LogP contribution in [0.2, 0.25) is 0 Å². The predicted octanol–water partition coefficient (Wildman–Crippen LogP) is 2.10. The zero-order chi connectivity index (χ0) is 15.9. The minimum Gasteiger partial charge on any atom is -0.373 e. The number of urea groups is 1. The zero-order valence-electron chi connectivity index (χ0n) is 13.0. The second kappa shape index (κ2) is 7.78. The van der Waals surface area contributed by atoms with E-state index in [1.165, 1.54) is 5.56 Å². The first kappa shape index (κ1) is 15.6. The molecule has 0 bridgehead atoms. The summed E-state index contributed by atoms with van der Waals surface area (Å²) in [6.45, 7) is 1.96. The lowest BCUT2D eigenvalue weighted by molar-refractivity contribution is 0.00226. The molecule has 122 valence electrons. The molecule has 2 N–H and O–H groups in total. The first-order chi connectivity index (χ1) is 11.3. The van der Waals surface area contributed by atoms with E-state index in [2.05, 4.69) is 27.8 Å². The highest BCUT2D eigenvalue weighted by atomic mass is 16.5. The van der Waals surface area contributed by atoms with Gasteiger partial charge in [-0.2, -0.15) is 0 Å². The molecule has 0 spiro atoms. The van der Waals surface area contributed by atoms with E-state index in [-0.39, 0.29) is 18.2 Å². The summed E-state index contributed by atoms with van der Waals surface area (Å²) in [6, 6.07) is 10.2. The lowest BCUT2D eigenvalue weighted by Gasteiger charge is -2.30. The van der Waals surface area contributed by atoms with Crippen molar-refractivity contribution in [1.82, 2.24) is 20.2 Å². The van der Waals surface area contributed by atoms with Crippen LogP contribution >= 0.6 is 0 Å². The summed E-state index contributed by atoms with van der Waals surface area (Å²) in [6.07, 6.45) is 7.05. The van der Waals surface area contributed by atoms with Gasteiger partial charge in [0.1, 0.15) is 0 Å². The summed E-state index contributed by atoms with van der Waals surface area (Å²) in [5.74, 6) is 0. The van der Waals surface area contributed by atoms with Gasteiger partial charge in [0.25, 0.3) is 0 Å². The van der Waals surface area contributed by atoms with Crippen molar-refractivity contribution in [2.45, 2.75) is 31.5 Å². The molecule has 2 amide bonds. The molecular formula is C17H22N4O2. The summed E-state index contributed by atoms with van der Waals surface area (Å²) in [5.41, 5.74) is 1.17. The Kier molecular flexibility index (Phi) is 5.26. The number of carbonyl (C=O) groups is 1. The Labute approximate surface area is 135 Å². The van der Waals surface area contributed by atoms with Gasteiger partial charge in [0.15, 0.2) is 0 Å². The third-order valence-corrected chi connectivity index (χ3v) is 4.01. The van der Waals surface area contributed by atoms with E-state index in [0.29, 0.717) is 19.7 Å². The van der Waals surface area contributed by atoms with E-state index in [1.807, 2.05) is 29.0 Å². The molecule has 0 unspecified atom stereocenters. The lowest BCUT2D eigenvalue weighted by Crippen LogP contribution is -2.45. The molecule has 2 aromatic rings. The molecule has 23 heavy (non-hydrogen) atoms. The van der Waals surface area contributed by atoms with E-state index in [9.17, 15) is 4.79 Å². The minimum absolute atomic E-state index is 0.0567. The lowest BCUT2D eigenvalue weighted by atomic mass is 9.97. The quantitative estimate of drug-likeness (QED) is 0.888. The fourth-order valence-electron chi connectivity index (χ4n) is 2.78. The standard InChI is InChI=1S/C17H22N4O2/c22-17(19-8-10-21-9-7-18-13-21)20-15-6-11-23-16(12-15)14-4-2-1-3-5-14/h1-5,7,9,13,15-16H,6,8,10-12H2,(H2,19,20,22)/t15-,16+/m1/s1. The van der Waals surface area contributed by atoms with Crippen LogP contribution in [0.5, 0.6) is 0 Å². The first-order valence-electron chi connectivity index (χ1n) is 7.98. The molecule has 1 saturated heterocycles. The fraction of sp³-hybridized carbons (Fsp3) is 0.412. The van der Waals surface area contributed by atoms with E-state index in [0.717, 1.165) is 12.8 Å². The van der Waals surface area contributed by atoms with Crippen LogP contribution in [0.3, 0.4) is 0 Å². The second-order valence-electron chi connectivity index (χ2n) is 5.69. The van der Waals surface area contributed by atoms with Gasteiger partial charge < -0.3 is 19.9 Å². The molecule has 2 heterocycles. The molecule has 1 aromatic carbocycles. The van der Waals surface area contributed by atoms with Gasteiger partial charge in [-0.05, 0) is 18.4 Å². The van der Waals surface area contributed by atoms with Crippen LogP contribution in [0.1, 0.15) is 24.5 Å². The number of nitrogens with zero attached hydrogens (tertiary/aromatic N) is 2. The summed E-state index contributed by atoms with van der Waals surface area (Å²) >= 11 is 0. The monoisotopic (exact) mass is 314 g/mol. The fourth-order valence-corrected chi connectivity index (χ4v) is 2.78. The topological polar surface area (TPSA) is 68.2 Å². The Morgan fingerprint density at radius 2 is 2.22 bits per heavy atom. The summed E-state index contributed by atoms with van der Waals surface area (Å²) in [5, 5.41) is 5.93. The molecule has 6 nitrogen and oxygen atoms in total. The van der Waals surface area contributed by atoms with Crippen LogP contribution in [0.15, 0.2) is 49.1 Å². The number of hydrogen-bond donors (Lipinski definition) is 2. The van der Waals surface area contributed by atoms with Gasteiger partial charge in [-0.15, -0.1) is 0 Å². The number of nitrogens with one attached hydrogen (secondary N) is 2. The Hall–Kier alpha value is -2.34. The minimum atomic E-state index is -0.121. The molecule has 0 radical (unpaired) electrons.